The third-order valence-corrected chi connectivity index (χ3v) is 1.66. The van der Waals surface area contributed by atoms with Gasteiger partial charge in [-0.15, -0.1) is 0 Å². The van der Waals surface area contributed by atoms with E-state index in [0.717, 1.165) is 25.2 Å². The van der Waals surface area contributed by atoms with E-state index in [1.807, 2.05) is 13.0 Å². The summed E-state index contributed by atoms with van der Waals surface area (Å²) in [6, 6.07) is 0. The highest BCUT2D eigenvalue weighted by Gasteiger charge is 2.11. The van der Waals surface area contributed by atoms with Crippen LogP contribution in [0.3, 0.4) is 0 Å². The summed E-state index contributed by atoms with van der Waals surface area (Å²) >= 11 is 0. The van der Waals surface area contributed by atoms with Gasteiger partial charge in [-0.05, 0) is 25.0 Å². The molecule has 1 fully saturated rings. The largest absolute Gasteiger partial charge is 0.493 e. The monoisotopic (exact) mass is 138 g/mol. The van der Waals surface area contributed by atoms with Crippen molar-refractivity contribution < 1.29 is 4.74 Å². The van der Waals surface area contributed by atoms with Crippen LogP contribution in [0.15, 0.2) is 23.5 Å². The second kappa shape index (κ2) is 3.45. The van der Waals surface area contributed by atoms with Crippen molar-refractivity contribution in [2.45, 2.75) is 26.7 Å². The smallest absolute Gasteiger partial charge is 0.118 e. The van der Waals surface area contributed by atoms with Crippen LogP contribution in [0, 0.1) is 0 Å². The van der Waals surface area contributed by atoms with Crippen LogP contribution in [0.5, 0.6) is 0 Å². The first-order valence-electron chi connectivity index (χ1n) is 3.87. The van der Waals surface area contributed by atoms with E-state index >= 15 is 0 Å². The van der Waals surface area contributed by atoms with Crippen LogP contribution in [0.2, 0.25) is 0 Å². The molecule has 0 aliphatic carbocycles. The van der Waals surface area contributed by atoms with Crippen LogP contribution >= 0.6 is 0 Å². The number of hydrogen-bond acceptors (Lipinski definition) is 1. The molecule has 56 valence electrons. The Morgan fingerprint density at radius 2 is 2.40 bits per heavy atom. The molecule has 10 heavy (non-hydrogen) atoms. The van der Waals surface area contributed by atoms with Gasteiger partial charge in [-0.25, -0.2) is 0 Å². The van der Waals surface area contributed by atoms with E-state index in [-0.39, 0.29) is 0 Å². The highest BCUT2D eigenvalue weighted by molar-refractivity contribution is 5.28. The van der Waals surface area contributed by atoms with E-state index in [1.54, 1.807) is 0 Å². The van der Waals surface area contributed by atoms with E-state index in [0.29, 0.717) is 0 Å². The molecule has 0 saturated carbocycles. The molecule has 1 aliphatic heterocycles. The Labute approximate surface area is 62.4 Å². The molecule has 0 aromatic rings. The third kappa shape index (κ3) is 1.41. The van der Waals surface area contributed by atoms with Crippen LogP contribution in [-0.4, -0.2) is 6.61 Å². The van der Waals surface area contributed by atoms with Crippen LogP contribution < -0.4 is 0 Å². The molecule has 0 N–H and O–H groups in total. The maximum Gasteiger partial charge on any atom is 0.118 e. The molecule has 1 aliphatic rings. The van der Waals surface area contributed by atoms with Gasteiger partial charge in [0.25, 0.3) is 0 Å². The number of rotatable bonds is 1. The summed E-state index contributed by atoms with van der Waals surface area (Å²) in [7, 11) is 0. The first-order valence-corrected chi connectivity index (χ1v) is 3.87. The summed E-state index contributed by atoms with van der Waals surface area (Å²) in [5, 5.41) is 0. The lowest BCUT2D eigenvalue weighted by atomic mass is 10.1. The highest BCUT2D eigenvalue weighted by atomic mass is 16.5. The summed E-state index contributed by atoms with van der Waals surface area (Å²) < 4.78 is 5.36. The van der Waals surface area contributed by atoms with E-state index in [4.69, 9.17) is 4.74 Å². The summed E-state index contributed by atoms with van der Waals surface area (Å²) in [5.41, 5.74) is 1.38. The molecule has 1 heterocycles. The molecular weight excluding hydrogens is 124 g/mol. The fourth-order valence-corrected chi connectivity index (χ4v) is 1.20. The number of hydrogen-bond donors (Lipinski definition) is 0. The van der Waals surface area contributed by atoms with Crippen molar-refractivity contribution in [3.05, 3.63) is 23.5 Å². The van der Waals surface area contributed by atoms with Crippen molar-refractivity contribution in [1.82, 2.24) is 0 Å². The predicted molar refractivity (Wildman–Crippen MR) is 42.7 cm³/mol. The van der Waals surface area contributed by atoms with Gasteiger partial charge in [-0.2, -0.15) is 0 Å². The molecule has 0 aromatic carbocycles. The highest BCUT2D eigenvalue weighted by Crippen LogP contribution is 2.23. The van der Waals surface area contributed by atoms with Gasteiger partial charge in [0.1, 0.15) is 5.76 Å². The quantitative estimate of drug-likeness (QED) is 0.541. The molecule has 0 amide bonds. The average Bonchev–Trinajstić information content (AvgIpc) is 2.36. The average molecular weight is 138 g/mol. The molecular formula is C9H14O. The molecule has 1 saturated heterocycles. The Morgan fingerprint density at radius 1 is 1.60 bits per heavy atom. The summed E-state index contributed by atoms with van der Waals surface area (Å²) in [6.07, 6.45) is 6.47. The normalized spacial score (nSPS) is 25.8. The van der Waals surface area contributed by atoms with Crippen molar-refractivity contribution in [3.63, 3.8) is 0 Å². The summed E-state index contributed by atoms with van der Waals surface area (Å²) in [5.74, 6) is 1.09. The van der Waals surface area contributed by atoms with Gasteiger partial charge >= 0.3 is 0 Å². The van der Waals surface area contributed by atoms with Crippen molar-refractivity contribution in [2.24, 2.45) is 0 Å². The van der Waals surface area contributed by atoms with Gasteiger partial charge in [-0.3, -0.25) is 0 Å². The van der Waals surface area contributed by atoms with Crippen molar-refractivity contribution in [2.75, 3.05) is 6.61 Å². The third-order valence-electron chi connectivity index (χ3n) is 1.66. The van der Waals surface area contributed by atoms with Crippen molar-refractivity contribution in [1.29, 1.82) is 0 Å². The number of ether oxygens (including phenoxy) is 1. The lowest BCUT2D eigenvalue weighted by molar-refractivity contribution is 0.265. The topological polar surface area (TPSA) is 9.23 Å². The summed E-state index contributed by atoms with van der Waals surface area (Å²) in [6.45, 7) is 5.04. The van der Waals surface area contributed by atoms with Gasteiger partial charge in [0.15, 0.2) is 0 Å². The van der Waals surface area contributed by atoms with Gasteiger partial charge in [0, 0.05) is 6.42 Å². The number of allylic oxidation sites excluding steroid dienone is 3. The maximum absolute atomic E-state index is 5.36. The molecule has 0 unspecified atom stereocenters. The fraction of sp³-hybridized carbons (Fsp3) is 0.556. The zero-order valence-corrected chi connectivity index (χ0v) is 6.68. The van der Waals surface area contributed by atoms with Gasteiger partial charge in [0.2, 0.25) is 0 Å². The zero-order chi connectivity index (χ0) is 7.40. The van der Waals surface area contributed by atoms with Gasteiger partial charge in [0.05, 0.1) is 6.61 Å². The Hall–Kier alpha value is -0.720. The van der Waals surface area contributed by atoms with E-state index in [2.05, 4.69) is 13.0 Å². The minimum absolute atomic E-state index is 0.867. The lowest BCUT2D eigenvalue weighted by Crippen LogP contribution is -1.78. The van der Waals surface area contributed by atoms with E-state index in [9.17, 15) is 0 Å². The van der Waals surface area contributed by atoms with Crippen LogP contribution in [0.1, 0.15) is 26.7 Å². The second-order valence-corrected chi connectivity index (χ2v) is 2.39. The maximum atomic E-state index is 5.36. The Balaban J connectivity index is 2.68. The molecule has 1 rings (SSSR count). The Kier molecular flexibility index (Phi) is 2.55. The van der Waals surface area contributed by atoms with Crippen molar-refractivity contribution in [3.8, 4) is 0 Å². The second-order valence-electron chi connectivity index (χ2n) is 2.39. The molecule has 0 atom stereocenters. The lowest BCUT2D eigenvalue weighted by Gasteiger charge is -1.96. The van der Waals surface area contributed by atoms with E-state index in [1.165, 1.54) is 5.57 Å². The van der Waals surface area contributed by atoms with Crippen LogP contribution in [0.4, 0.5) is 0 Å². The molecule has 1 heteroatoms. The predicted octanol–water partition coefficient (Wildman–Crippen LogP) is 2.65. The van der Waals surface area contributed by atoms with E-state index < -0.39 is 0 Å². The Morgan fingerprint density at radius 3 is 3.00 bits per heavy atom. The summed E-state index contributed by atoms with van der Waals surface area (Å²) in [4.78, 5) is 0. The molecule has 0 spiro atoms. The zero-order valence-electron chi connectivity index (χ0n) is 6.68. The Bertz CT molecular complexity index is 166. The molecule has 1 nitrogen and oxygen atoms in total. The molecule has 0 aromatic heterocycles. The van der Waals surface area contributed by atoms with Crippen LogP contribution in [-0.2, 0) is 4.74 Å². The van der Waals surface area contributed by atoms with Crippen molar-refractivity contribution >= 4 is 0 Å². The first kappa shape index (κ1) is 7.39. The molecule has 0 bridgehead atoms. The van der Waals surface area contributed by atoms with Gasteiger partial charge < -0.3 is 4.74 Å². The van der Waals surface area contributed by atoms with Crippen LogP contribution in [0.25, 0.3) is 0 Å². The first-order chi connectivity index (χ1) is 4.88. The molecule has 0 radical (unpaired) electrons. The fourth-order valence-electron chi connectivity index (χ4n) is 1.20. The minimum atomic E-state index is 0.867. The minimum Gasteiger partial charge on any atom is -0.493 e. The van der Waals surface area contributed by atoms with Gasteiger partial charge in [-0.1, -0.05) is 13.0 Å². The standard InChI is InChI=1S/C9H14O/c1-3-5-8-6-7-10-9(8)4-2/h4-5H,3,6-7H2,1-2H3/b8-5-,9-4+. The SMILES string of the molecule is C/C=C1/OCC/C1=C/CC.